The van der Waals surface area contributed by atoms with Crippen LogP contribution in [-0.4, -0.2) is 55.4 Å². The number of hydrogen-bond donors (Lipinski definition) is 4. The maximum atomic E-state index is 12.3. The molecular formula is C33H38N4O6. The molecule has 4 heterocycles. The number of rotatable bonds is 14. The van der Waals surface area contributed by atoms with Crippen LogP contribution in [0, 0.1) is 25.7 Å². The number of amides is 2. The number of aliphatic imine (C=N–C) groups is 2. The van der Waals surface area contributed by atoms with E-state index in [4.69, 9.17) is 0 Å². The highest BCUT2D eigenvalue weighted by Crippen LogP contribution is 2.31. The van der Waals surface area contributed by atoms with E-state index < -0.39 is 11.9 Å². The molecule has 2 aliphatic heterocycles. The van der Waals surface area contributed by atoms with Gasteiger partial charge in [-0.3, -0.25) is 19.2 Å². The monoisotopic (exact) mass is 586 g/mol. The predicted octanol–water partition coefficient (Wildman–Crippen LogP) is 4.57. The summed E-state index contributed by atoms with van der Waals surface area (Å²) in [6.45, 7) is 15.1. The zero-order valence-electron chi connectivity index (χ0n) is 25.1. The van der Waals surface area contributed by atoms with E-state index in [1.807, 2.05) is 27.7 Å². The zero-order chi connectivity index (χ0) is 31.6. The van der Waals surface area contributed by atoms with Crippen LogP contribution in [0.25, 0.3) is 0 Å². The second kappa shape index (κ2) is 12.7. The van der Waals surface area contributed by atoms with Crippen molar-refractivity contribution in [2.24, 2.45) is 21.8 Å². The van der Waals surface area contributed by atoms with Crippen molar-refractivity contribution in [3.8, 4) is 0 Å². The third kappa shape index (κ3) is 6.43. The number of allylic oxidation sites excluding steroid dienone is 2. The first kappa shape index (κ1) is 31.3. The van der Waals surface area contributed by atoms with Crippen molar-refractivity contribution in [2.75, 3.05) is 0 Å². The Hall–Kier alpha value is -4.60. The summed E-state index contributed by atoms with van der Waals surface area (Å²) in [6, 6.07) is 0. The molecular weight excluding hydrogens is 548 g/mol. The number of carboxylic acids is 2. The molecule has 4 rings (SSSR count). The number of carbonyl (C=O) groups excluding carboxylic acids is 2. The average Bonchev–Trinajstić information content (AvgIpc) is 3.59. The van der Waals surface area contributed by atoms with E-state index in [1.165, 1.54) is 6.08 Å². The first-order chi connectivity index (χ1) is 20.4. The van der Waals surface area contributed by atoms with E-state index in [-0.39, 0.29) is 36.5 Å². The minimum Gasteiger partial charge on any atom is -0.481 e. The number of hydrogen-bond acceptors (Lipinski definition) is 4. The summed E-state index contributed by atoms with van der Waals surface area (Å²) in [5.41, 5.74) is 9.52. The molecule has 0 aromatic carbocycles. The summed E-state index contributed by atoms with van der Waals surface area (Å²) in [4.78, 5) is 63.1. The van der Waals surface area contributed by atoms with Crippen molar-refractivity contribution < 1.29 is 29.4 Å². The normalized spacial score (nSPS) is 18.3. The summed E-state index contributed by atoms with van der Waals surface area (Å²) >= 11 is 0. The van der Waals surface area contributed by atoms with Gasteiger partial charge in [-0.1, -0.05) is 25.7 Å². The van der Waals surface area contributed by atoms with E-state index in [0.29, 0.717) is 43.4 Å². The Balaban J connectivity index is 1.73. The molecule has 2 aromatic rings. The predicted molar refractivity (Wildman–Crippen MR) is 164 cm³/mol. The Labute approximate surface area is 250 Å². The maximum Gasteiger partial charge on any atom is 0.303 e. The molecule has 0 saturated carbocycles. The molecule has 4 N–H and O–H groups in total. The lowest BCUT2D eigenvalue weighted by Gasteiger charge is -2.11. The quantitative estimate of drug-likeness (QED) is 0.237. The average molecular weight is 587 g/mol. The van der Waals surface area contributed by atoms with Crippen LogP contribution in [0.4, 0.5) is 0 Å². The van der Waals surface area contributed by atoms with Crippen molar-refractivity contribution in [2.45, 2.75) is 72.6 Å². The molecule has 0 aliphatic carbocycles. The number of carboxylic acid groups (broad SMARTS) is 2. The number of aromatic amines is 2. The molecule has 0 saturated heterocycles. The Kier molecular flexibility index (Phi) is 9.27. The van der Waals surface area contributed by atoms with Gasteiger partial charge in [-0.25, -0.2) is 9.98 Å². The van der Waals surface area contributed by atoms with Crippen molar-refractivity contribution >= 4 is 35.2 Å². The van der Waals surface area contributed by atoms with Crippen LogP contribution in [0.15, 0.2) is 46.4 Å². The fourth-order valence-electron chi connectivity index (χ4n) is 6.09. The molecule has 0 fully saturated rings. The van der Waals surface area contributed by atoms with Gasteiger partial charge >= 0.3 is 11.9 Å². The van der Waals surface area contributed by atoms with Crippen molar-refractivity contribution in [1.29, 1.82) is 0 Å². The smallest absolute Gasteiger partial charge is 0.303 e. The lowest BCUT2D eigenvalue weighted by molar-refractivity contribution is -0.138. The molecule has 0 bridgehead atoms. The first-order valence-electron chi connectivity index (χ1n) is 14.4. The Morgan fingerprint density at radius 1 is 0.837 bits per heavy atom. The van der Waals surface area contributed by atoms with Crippen molar-refractivity contribution in [3.63, 3.8) is 0 Å². The van der Waals surface area contributed by atoms with E-state index in [2.05, 4.69) is 33.1 Å². The molecule has 2 atom stereocenters. The lowest BCUT2D eigenvalue weighted by Crippen LogP contribution is -2.18. The van der Waals surface area contributed by atoms with Gasteiger partial charge in [0.15, 0.2) is 0 Å². The van der Waals surface area contributed by atoms with Gasteiger partial charge in [-0.15, -0.1) is 6.58 Å². The summed E-state index contributed by atoms with van der Waals surface area (Å²) in [6.07, 6.45) is 4.92. The zero-order valence-corrected chi connectivity index (χ0v) is 25.1. The van der Waals surface area contributed by atoms with Gasteiger partial charge in [-0.05, 0) is 61.4 Å². The molecule has 226 valence electrons. The first-order valence-corrected chi connectivity index (χ1v) is 14.4. The Morgan fingerprint density at radius 3 is 1.84 bits per heavy atom. The number of H-pyrrole nitrogens is 2. The Bertz CT molecular complexity index is 1630. The van der Waals surface area contributed by atoms with Crippen molar-refractivity contribution in [3.05, 3.63) is 81.5 Å². The topological polar surface area (TPSA) is 165 Å². The highest BCUT2D eigenvalue weighted by Gasteiger charge is 2.33. The van der Waals surface area contributed by atoms with Crippen LogP contribution in [0.3, 0.4) is 0 Å². The van der Waals surface area contributed by atoms with Crippen molar-refractivity contribution in [1.82, 2.24) is 9.97 Å². The van der Waals surface area contributed by atoms with Crippen LogP contribution < -0.4 is 0 Å². The van der Waals surface area contributed by atoms with Gasteiger partial charge in [0.1, 0.15) is 0 Å². The van der Waals surface area contributed by atoms with E-state index >= 15 is 0 Å². The van der Waals surface area contributed by atoms with E-state index in [9.17, 15) is 29.4 Å². The highest BCUT2D eigenvalue weighted by molar-refractivity contribution is 6.20. The molecule has 43 heavy (non-hydrogen) atoms. The maximum absolute atomic E-state index is 12.3. The van der Waals surface area contributed by atoms with Crippen LogP contribution in [0.5, 0.6) is 0 Å². The molecule has 10 nitrogen and oxygen atoms in total. The minimum atomic E-state index is -0.911. The van der Waals surface area contributed by atoms with Gasteiger partial charge in [0.2, 0.25) is 5.91 Å². The fourth-order valence-corrected chi connectivity index (χ4v) is 6.09. The molecule has 0 unspecified atom stereocenters. The molecule has 0 radical (unpaired) electrons. The second-order valence-electron chi connectivity index (χ2n) is 11.3. The Morgan fingerprint density at radius 2 is 1.37 bits per heavy atom. The SMILES string of the molecule is C=CC1=C(C)C(Cc2[nH]c(Cc3[nH]c(CC4=NC(=O)[C@H](C)[C@H]4C=C)c(C)c3CCC(=O)O)c(CCC(=O)O)c2C)=NC1=O. The van der Waals surface area contributed by atoms with Gasteiger partial charge in [-0.2, -0.15) is 0 Å². The van der Waals surface area contributed by atoms with Crippen LogP contribution in [0.1, 0.15) is 71.7 Å². The molecule has 2 aromatic heterocycles. The number of carbonyl (C=O) groups is 4. The number of nitrogens with one attached hydrogen (secondary N) is 2. The molecule has 2 aliphatic rings. The lowest BCUT2D eigenvalue weighted by atomic mass is 9.89. The largest absolute Gasteiger partial charge is 0.481 e. The van der Waals surface area contributed by atoms with Gasteiger partial charge in [0.25, 0.3) is 5.91 Å². The number of nitrogens with zero attached hydrogens (tertiary/aromatic N) is 2. The summed E-state index contributed by atoms with van der Waals surface area (Å²) in [7, 11) is 0. The highest BCUT2D eigenvalue weighted by atomic mass is 16.4. The second-order valence-corrected chi connectivity index (χ2v) is 11.3. The third-order valence-electron chi connectivity index (χ3n) is 8.70. The van der Waals surface area contributed by atoms with E-state index in [1.54, 1.807) is 6.08 Å². The number of aromatic nitrogens is 2. The van der Waals surface area contributed by atoms with E-state index in [0.717, 1.165) is 56.3 Å². The van der Waals surface area contributed by atoms with Gasteiger partial charge < -0.3 is 20.2 Å². The third-order valence-corrected chi connectivity index (χ3v) is 8.70. The number of aliphatic carboxylic acids is 2. The van der Waals surface area contributed by atoms with Gasteiger partial charge in [0, 0.05) is 78.0 Å². The van der Waals surface area contributed by atoms with Crippen LogP contribution >= 0.6 is 0 Å². The summed E-state index contributed by atoms with van der Waals surface area (Å²) < 4.78 is 0. The summed E-state index contributed by atoms with van der Waals surface area (Å²) in [5.74, 6) is -2.75. The standard InChI is InChI=1S/C33H38N4O6/c1-7-20-19(6)32(42)37-27(20)14-25-18(5)23(10-12-31(40)41)29(35-25)15-28-22(9-11-30(38)39)17(4)24(34-28)13-26-16(3)21(8-2)33(43)36-26/h7-8,19-20,34-35H,1-2,9-15H2,3-6H3,(H,38,39)(H,40,41)/t19-,20-/m1/s1. The molecule has 10 heteroatoms. The molecule has 0 spiro atoms. The van der Waals surface area contributed by atoms with Gasteiger partial charge in [0.05, 0.1) is 5.71 Å². The van der Waals surface area contributed by atoms with Crippen LogP contribution in [0.2, 0.25) is 0 Å². The summed E-state index contributed by atoms with van der Waals surface area (Å²) in [5, 5.41) is 18.9. The van der Waals surface area contributed by atoms with Crippen LogP contribution in [-0.2, 0) is 51.3 Å². The minimum absolute atomic E-state index is 0.0527. The molecule has 2 amide bonds. The fraction of sp³-hybridized carbons (Fsp3) is 0.394.